The van der Waals surface area contributed by atoms with E-state index in [1.54, 1.807) is 30.3 Å². The van der Waals surface area contributed by atoms with E-state index >= 15 is 0 Å². The van der Waals surface area contributed by atoms with E-state index in [2.05, 4.69) is 10.2 Å². The zero-order valence-electron chi connectivity index (χ0n) is 16.1. The lowest BCUT2D eigenvalue weighted by Gasteiger charge is -2.31. The number of non-ortho nitro benzene ring substituents is 1. The summed E-state index contributed by atoms with van der Waals surface area (Å²) in [6, 6.07) is 14.7. The first-order valence-electron chi connectivity index (χ1n) is 9.72. The maximum Gasteiger partial charge on any atom is 0.291 e. The zero-order valence-corrected chi connectivity index (χ0v) is 16.9. The van der Waals surface area contributed by atoms with Gasteiger partial charge in [-0.05, 0) is 43.5 Å². The van der Waals surface area contributed by atoms with Crippen molar-refractivity contribution in [1.29, 1.82) is 0 Å². The number of benzene rings is 2. The van der Waals surface area contributed by atoms with E-state index in [-0.39, 0.29) is 11.4 Å². The van der Waals surface area contributed by atoms with Crippen molar-refractivity contribution in [3.63, 3.8) is 0 Å². The number of furan rings is 1. The first kappa shape index (κ1) is 20.0. The number of hydrogen-bond acceptors (Lipinski definition) is 5. The van der Waals surface area contributed by atoms with Gasteiger partial charge >= 0.3 is 0 Å². The maximum absolute atomic E-state index is 12.8. The summed E-state index contributed by atoms with van der Waals surface area (Å²) in [6.07, 6.45) is 3.36. The second kappa shape index (κ2) is 8.59. The van der Waals surface area contributed by atoms with Gasteiger partial charge in [-0.1, -0.05) is 29.8 Å². The van der Waals surface area contributed by atoms with Crippen LogP contribution in [0, 0.1) is 10.1 Å². The van der Waals surface area contributed by atoms with Gasteiger partial charge in [-0.15, -0.1) is 0 Å². The highest BCUT2D eigenvalue weighted by molar-refractivity contribution is 6.34. The molecule has 0 radical (unpaired) electrons. The number of amides is 1. The lowest BCUT2D eigenvalue weighted by molar-refractivity contribution is -0.384. The molecule has 2 aromatic carbocycles. The van der Waals surface area contributed by atoms with Gasteiger partial charge < -0.3 is 14.6 Å². The third-order valence-electron chi connectivity index (χ3n) is 5.08. The molecule has 1 aliphatic rings. The van der Waals surface area contributed by atoms with Gasteiger partial charge in [0.25, 0.3) is 11.6 Å². The third-order valence-corrected chi connectivity index (χ3v) is 5.38. The molecule has 1 saturated heterocycles. The SMILES string of the molecule is O=C(Nc1cccc(Cl)c1N1CCCCC1)c1ccc(-c2cccc([N+](=O)[O-])c2)o1. The highest BCUT2D eigenvalue weighted by Crippen LogP contribution is 2.36. The number of para-hydroxylation sites is 1. The summed E-state index contributed by atoms with van der Waals surface area (Å²) in [4.78, 5) is 25.5. The van der Waals surface area contributed by atoms with Crippen LogP contribution in [-0.4, -0.2) is 23.9 Å². The number of carbonyl (C=O) groups is 1. The molecule has 2 heterocycles. The number of hydrogen-bond donors (Lipinski definition) is 1. The van der Waals surface area contributed by atoms with Gasteiger partial charge in [0, 0.05) is 30.8 Å². The van der Waals surface area contributed by atoms with Crippen LogP contribution in [0.25, 0.3) is 11.3 Å². The molecule has 1 aliphatic heterocycles. The molecule has 1 N–H and O–H groups in total. The second-order valence-electron chi connectivity index (χ2n) is 7.11. The summed E-state index contributed by atoms with van der Waals surface area (Å²) in [6.45, 7) is 1.79. The van der Waals surface area contributed by atoms with E-state index < -0.39 is 10.8 Å². The highest BCUT2D eigenvalue weighted by Gasteiger charge is 2.20. The third kappa shape index (κ3) is 4.16. The molecule has 7 nitrogen and oxygen atoms in total. The molecule has 1 fully saturated rings. The molecule has 0 spiro atoms. The molecular weight excluding hydrogens is 406 g/mol. The van der Waals surface area contributed by atoms with E-state index in [4.69, 9.17) is 16.0 Å². The van der Waals surface area contributed by atoms with Gasteiger partial charge in [0.2, 0.25) is 0 Å². The fourth-order valence-corrected chi connectivity index (χ4v) is 3.92. The number of anilines is 2. The first-order chi connectivity index (χ1) is 14.5. The summed E-state index contributed by atoms with van der Waals surface area (Å²) in [7, 11) is 0. The summed E-state index contributed by atoms with van der Waals surface area (Å²) in [5.41, 5.74) is 1.93. The van der Waals surface area contributed by atoms with Crippen molar-refractivity contribution in [2.45, 2.75) is 19.3 Å². The molecule has 0 unspecified atom stereocenters. The number of nitro groups is 1. The zero-order chi connectivity index (χ0) is 21.1. The Morgan fingerprint density at radius 1 is 1.07 bits per heavy atom. The van der Waals surface area contributed by atoms with Crippen LogP contribution in [0.3, 0.4) is 0 Å². The van der Waals surface area contributed by atoms with Gasteiger partial charge in [-0.3, -0.25) is 14.9 Å². The minimum Gasteiger partial charge on any atom is -0.451 e. The van der Waals surface area contributed by atoms with Crippen molar-refractivity contribution in [3.05, 3.63) is 75.5 Å². The van der Waals surface area contributed by atoms with Crippen LogP contribution in [0.4, 0.5) is 17.1 Å². The summed E-state index contributed by atoms with van der Waals surface area (Å²) in [5.74, 6) is 0.0829. The van der Waals surface area contributed by atoms with Crippen molar-refractivity contribution in [3.8, 4) is 11.3 Å². The fourth-order valence-electron chi connectivity index (χ4n) is 3.63. The number of halogens is 1. The van der Waals surface area contributed by atoms with Crippen molar-refractivity contribution >= 4 is 34.6 Å². The molecule has 3 aromatic rings. The monoisotopic (exact) mass is 425 g/mol. The van der Waals surface area contributed by atoms with Gasteiger partial charge in [-0.25, -0.2) is 0 Å². The van der Waals surface area contributed by atoms with Crippen molar-refractivity contribution in [2.24, 2.45) is 0 Å². The Labute approximate surface area is 178 Å². The van der Waals surface area contributed by atoms with Crippen LogP contribution in [0.5, 0.6) is 0 Å². The lowest BCUT2D eigenvalue weighted by Crippen LogP contribution is -2.30. The normalized spacial score (nSPS) is 13.8. The van der Waals surface area contributed by atoms with Crippen LogP contribution < -0.4 is 10.2 Å². The Bertz CT molecular complexity index is 1090. The number of rotatable bonds is 5. The summed E-state index contributed by atoms with van der Waals surface area (Å²) >= 11 is 6.45. The second-order valence-corrected chi connectivity index (χ2v) is 7.52. The Balaban J connectivity index is 1.57. The Kier molecular flexibility index (Phi) is 5.72. The largest absolute Gasteiger partial charge is 0.451 e. The summed E-state index contributed by atoms with van der Waals surface area (Å²) < 4.78 is 5.67. The quantitative estimate of drug-likeness (QED) is 0.415. The fraction of sp³-hybridized carbons (Fsp3) is 0.227. The number of nitrogens with zero attached hydrogens (tertiary/aromatic N) is 2. The predicted molar refractivity (Wildman–Crippen MR) is 116 cm³/mol. The number of piperidine rings is 1. The topological polar surface area (TPSA) is 88.6 Å². The van der Waals surface area contributed by atoms with Gasteiger partial charge in [-0.2, -0.15) is 0 Å². The van der Waals surface area contributed by atoms with Crippen molar-refractivity contribution in [2.75, 3.05) is 23.3 Å². The smallest absolute Gasteiger partial charge is 0.291 e. The van der Waals surface area contributed by atoms with Gasteiger partial charge in [0.05, 0.1) is 21.3 Å². The molecule has 154 valence electrons. The molecule has 0 atom stereocenters. The molecular formula is C22H20ClN3O4. The van der Waals surface area contributed by atoms with Crippen LogP contribution >= 0.6 is 11.6 Å². The minimum absolute atomic E-state index is 0.0417. The van der Waals surface area contributed by atoms with E-state index in [0.29, 0.717) is 22.0 Å². The van der Waals surface area contributed by atoms with E-state index in [1.807, 2.05) is 12.1 Å². The number of nitro benzene ring substituents is 1. The first-order valence-corrected chi connectivity index (χ1v) is 10.1. The predicted octanol–water partition coefficient (Wildman–Crippen LogP) is 5.75. The highest BCUT2D eigenvalue weighted by atomic mass is 35.5. The molecule has 0 aliphatic carbocycles. The number of carbonyl (C=O) groups excluding carboxylic acids is 1. The van der Waals surface area contributed by atoms with Crippen LogP contribution in [0.15, 0.2) is 59.0 Å². The number of nitrogens with one attached hydrogen (secondary N) is 1. The average Bonchev–Trinajstić information content (AvgIpc) is 3.25. The molecule has 8 heteroatoms. The molecule has 1 amide bonds. The molecule has 0 bridgehead atoms. The Morgan fingerprint density at radius 2 is 1.83 bits per heavy atom. The Morgan fingerprint density at radius 3 is 2.60 bits per heavy atom. The molecule has 0 saturated carbocycles. The minimum atomic E-state index is -0.471. The average molecular weight is 426 g/mol. The van der Waals surface area contributed by atoms with Crippen LogP contribution in [0.1, 0.15) is 29.8 Å². The van der Waals surface area contributed by atoms with Crippen molar-refractivity contribution < 1.29 is 14.1 Å². The standard InChI is InChI=1S/C22H20ClN3O4/c23-17-8-5-9-18(21(17)25-12-2-1-3-13-25)24-22(27)20-11-10-19(30-20)15-6-4-7-16(14-15)26(28)29/h4-11,14H,1-3,12-13H2,(H,24,27). The van der Waals surface area contributed by atoms with Gasteiger partial charge in [0.15, 0.2) is 5.76 Å². The van der Waals surface area contributed by atoms with E-state index in [1.165, 1.54) is 18.6 Å². The maximum atomic E-state index is 12.8. The van der Waals surface area contributed by atoms with Crippen molar-refractivity contribution in [1.82, 2.24) is 0 Å². The molecule has 1 aromatic heterocycles. The Hall–Kier alpha value is -3.32. The van der Waals surface area contributed by atoms with Crippen LogP contribution in [0.2, 0.25) is 5.02 Å². The van der Waals surface area contributed by atoms with Gasteiger partial charge in [0.1, 0.15) is 5.76 Å². The molecule has 30 heavy (non-hydrogen) atoms. The molecule has 4 rings (SSSR count). The van der Waals surface area contributed by atoms with E-state index in [9.17, 15) is 14.9 Å². The lowest BCUT2D eigenvalue weighted by atomic mass is 10.1. The summed E-state index contributed by atoms with van der Waals surface area (Å²) in [5, 5.41) is 14.5. The van der Waals surface area contributed by atoms with E-state index in [0.717, 1.165) is 31.6 Å². The van der Waals surface area contributed by atoms with Crippen LogP contribution in [-0.2, 0) is 0 Å².